The number of aryl methyl sites for hydroxylation is 2. The number of para-hydroxylation sites is 2. The minimum absolute atomic E-state index is 0.103. The van der Waals surface area contributed by atoms with Crippen LogP contribution >= 0.6 is 0 Å². The zero-order valence-electron chi connectivity index (χ0n) is 17.4. The van der Waals surface area contributed by atoms with E-state index in [0.29, 0.717) is 25.3 Å². The van der Waals surface area contributed by atoms with E-state index in [1.807, 2.05) is 56.3 Å². The fourth-order valence-electron chi connectivity index (χ4n) is 3.71. The molecule has 0 aliphatic carbocycles. The smallest absolute Gasteiger partial charge is 0.271 e. The number of amides is 2. The summed E-state index contributed by atoms with van der Waals surface area (Å²) in [7, 11) is 0. The standard InChI is InChI=1S/C23H26N4O3/c1-16-7-8-17(2)21(15-16)27-22(28)10-9-19(25-27)23(29)24-18-5-3-4-6-20(18)26-11-13-30-14-12-26/h3-8,15H,9-14H2,1-2H3,(H,24,29). The maximum Gasteiger partial charge on any atom is 0.271 e. The Labute approximate surface area is 176 Å². The molecule has 0 aromatic heterocycles. The molecule has 0 saturated carbocycles. The van der Waals surface area contributed by atoms with Gasteiger partial charge in [-0.3, -0.25) is 9.59 Å². The summed E-state index contributed by atoms with van der Waals surface area (Å²) in [5.74, 6) is -0.382. The summed E-state index contributed by atoms with van der Waals surface area (Å²) in [6, 6.07) is 13.6. The third kappa shape index (κ3) is 4.21. The van der Waals surface area contributed by atoms with Crippen molar-refractivity contribution in [2.45, 2.75) is 26.7 Å². The molecule has 2 heterocycles. The Hall–Kier alpha value is -3.19. The van der Waals surface area contributed by atoms with Crippen molar-refractivity contribution in [1.82, 2.24) is 0 Å². The van der Waals surface area contributed by atoms with Crippen LogP contribution in [0.25, 0.3) is 0 Å². The highest BCUT2D eigenvalue weighted by Gasteiger charge is 2.27. The number of morpholine rings is 1. The predicted molar refractivity (Wildman–Crippen MR) is 118 cm³/mol. The van der Waals surface area contributed by atoms with Crippen LogP contribution in [-0.2, 0) is 14.3 Å². The van der Waals surface area contributed by atoms with Crippen molar-refractivity contribution in [3.8, 4) is 0 Å². The van der Waals surface area contributed by atoms with Crippen molar-refractivity contribution in [1.29, 1.82) is 0 Å². The number of nitrogens with zero attached hydrogens (tertiary/aromatic N) is 3. The third-order valence-electron chi connectivity index (χ3n) is 5.39. The summed E-state index contributed by atoms with van der Waals surface area (Å²) in [5.41, 5.74) is 4.76. The minimum Gasteiger partial charge on any atom is -0.378 e. The van der Waals surface area contributed by atoms with Gasteiger partial charge in [0.1, 0.15) is 5.71 Å². The molecule has 0 atom stereocenters. The SMILES string of the molecule is Cc1ccc(C)c(N2N=C(C(=O)Nc3ccccc3N3CCOCC3)CCC2=O)c1. The summed E-state index contributed by atoms with van der Waals surface area (Å²) >= 11 is 0. The number of anilines is 3. The highest BCUT2D eigenvalue weighted by atomic mass is 16.5. The lowest BCUT2D eigenvalue weighted by atomic mass is 10.1. The van der Waals surface area contributed by atoms with E-state index in [-0.39, 0.29) is 18.2 Å². The topological polar surface area (TPSA) is 74.2 Å². The highest BCUT2D eigenvalue weighted by Crippen LogP contribution is 2.28. The molecule has 30 heavy (non-hydrogen) atoms. The summed E-state index contributed by atoms with van der Waals surface area (Å²) < 4.78 is 5.43. The first-order valence-electron chi connectivity index (χ1n) is 10.2. The Morgan fingerprint density at radius 1 is 1.03 bits per heavy atom. The summed E-state index contributed by atoms with van der Waals surface area (Å²) in [6.45, 7) is 6.80. The van der Waals surface area contributed by atoms with E-state index in [2.05, 4.69) is 15.3 Å². The van der Waals surface area contributed by atoms with E-state index in [0.717, 1.165) is 41.3 Å². The molecule has 2 aliphatic rings. The van der Waals surface area contributed by atoms with Crippen molar-refractivity contribution < 1.29 is 14.3 Å². The molecule has 7 nitrogen and oxygen atoms in total. The number of carbonyl (C=O) groups excluding carboxylic acids is 2. The molecule has 2 aromatic rings. The molecule has 2 amide bonds. The number of hydrogen-bond donors (Lipinski definition) is 1. The number of ether oxygens (including phenoxy) is 1. The zero-order valence-corrected chi connectivity index (χ0v) is 17.4. The zero-order chi connectivity index (χ0) is 21.1. The molecule has 0 spiro atoms. The van der Waals surface area contributed by atoms with Crippen LogP contribution in [0.5, 0.6) is 0 Å². The third-order valence-corrected chi connectivity index (χ3v) is 5.39. The second-order valence-corrected chi connectivity index (χ2v) is 7.61. The van der Waals surface area contributed by atoms with Crippen LogP contribution in [0, 0.1) is 13.8 Å². The Bertz CT molecular complexity index is 996. The summed E-state index contributed by atoms with van der Waals surface area (Å²) in [4.78, 5) is 27.7. The van der Waals surface area contributed by atoms with E-state index in [4.69, 9.17) is 4.74 Å². The van der Waals surface area contributed by atoms with Crippen molar-refractivity contribution in [3.63, 3.8) is 0 Å². The molecular formula is C23H26N4O3. The Morgan fingerprint density at radius 2 is 1.80 bits per heavy atom. The second kappa shape index (κ2) is 8.67. The number of hydrogen-bond acceptors (Lipinski definition) is 5. The lowest BCUT2D eigenvalue weighted by Gasteiger charge is -2.30. The van der Waals surface area contributed by atoms with Gasteiger partial charge in [-0.05, 0) is 43.2 Å². The molecule has 1 N–H and O–H groups in total. The summed E-state index contributed by atoms with van der Waals surface area (Å²) in [6.07, 6.45) is 0.580. The molecule has 1 saturated heterocycles. The lowest BCUT2D eigenvalue weighted by Crippen LogP contribution is -2.38. The molecule has 7 heteroatoms. The van der Waals surface area contributed by atoms with Crippen LogP contribution in [0.2, 0.25) is 0 Å². The van der Waals surface area contributed by atoms with E-state index in [9.17, 15) is 9.59 Å². The van der Waals surface area contributed by atoms with Crippen LogP contribution in [-0.4, -0.2) is 43.8 Å². The Balaban J connectivity index is 1.58. The fraction of sp³-hybridized carbons (Fsp3) is 0.348. The van der Waals surface area contributed by atoms with Gasteiger partial charge in [-0.1, -0.05) is 24.3 Å². The molecule has 0 radical (unpaired) electrons. The largest absolute Gasteiger partial charge is 0.378 e. The predicted octanol–water partition coefficient (Wildman–Crippen LogP) is 3.26. The average molecular weight is 406 g/mol. The first kappa shape index (κ1) is 20.1. The Morgan fingerprint density at radius 3 is 2.60 bits per heavy atom. The van der Waals surface area contributed by atoms with Gasteiger partial charge in [0.25, 0.3) is 5.91 Å². The van der Waals surface area contributed by atoms with Crippen molar-refractivity contribution in [2.75, 3.05) is 41.5 Å². The molecule has 0 bridgehead atoms. The van der Waals surface area contributed by atoms with Crippen LogP contribution in [0.4, 0.5) is 17.1 Å². The molecule has 1 fully saturated rings. The average Bonchev–Trinajstić information content (AvgIpc) is 2.77. The first-order valence-corrected chi connectivity index (χ1v) is 10.2. The van der Waals surface area contributed by atoms with Crippen LogP contribution < -0.4 is 15.2 Å². The first-order chi connectivity index (χ1) is 14.5. The molecular weight excluding hydrogens is 380 g/mol. The van der Waals surface area contributed by atoms with E-state index < -0.39 is 0 Å². The lowest BCUT2D eigenvalue weighted by molar-refractivity contribution is -0.118. The maximum atomic E-state index is 13.0. The summed E-state index contributed by atoms with van der Waals surface area (Å²) in [5, 5.41) is 8.80. The molecule has 2 aromatic carbocycles. The van der Waals surface area contributed by atoms with Crippen molar-refractivity contribution in [2.24, 2.45) is 5.10 Å². The number of nitrogens with one attached hydrogen (secondary N) is 1. The van der Waals surface area contributed by atoms with Crippen LogP contribution in [0.3, 0.4) is 0 Å². The van der Waals surface area contributed by atoms with Gasteiger partial charge in [0.15, 0.2) is 0 Å². The van der Waals surface area contributed by atoms with Crippen LogP contribution in [0.1, 0.15) is 24.0 Å². The van der Waals surface area contributed by atoms with E-state index in [1.165, 1.54) is 5.01 Å². The number of hydrazone groups is 1. The quantitative estimate of drug-likeness (QED) is 0.846. The minimum atomic E-state index is -0.279. The molecule has 2 aliphatic heterocycles. The fourth-order valence-corrected chi connectivity index (χ4v) is 3.71. The Kier molecular flexibility index (Phi) is 5.81. The number of rotatable bonds is 4. The van der Waals surface area contributed by atoms with Gasteiger partial charge in [-0.25, -0.2) is 5.01 Å². The van der Waals surface area contributed by atoms with Gasteiger partial charge in [0.05, 0.1) is 30.3 Å². The second-order valence-electron chi connectivity index (χ2n) is 7.61. The normalized spacial score (nSPS) is 17.0. The van der Waals surface area contributed by atoms with E-state index in [1.54, 1.807) is 0 Å². The van der Waals surface area contributed by atoms with Crippen molar-refractivity contribution in [3.05, 3.63) is 53.6 Å². The van der Waals surface area contributed by atoms with Gasteiger partial charge in [-0.2, -0.15) is 5.10 Å². The van der Waals surface area contributed by atoms with Gasteiger partial charge in [0.2, 0.25) is 5.91 Å². The van der Waals surface area contributed by atoms with Gasteiger partial charge in [0, 0.05) is 25.9 Å². The maximum absolute atomic E-state index is 13.0. The van der Waals surface area contributed by atoms with E-state index >= 15 is 0 Å². The molecule has 0 unspecified atom stereocenters. The van der Waals surface area contributed by atoms with Gasteiger partial charge in [-0.15, -0.1) is 0 Å². The van der Waals surface area contributed by atoms with Gasteiger partial charge >= 0.3 is 0 Å². The van der Waals surface area contributed by atoms with Crippen molar-refractivity contribution >= 4 is 34.6 Å². The highest BCUT2D eigenvalue weighted by molar-refractivity contribution is 6.44. The number of benzene rings is 2. The monoisotopic (exact) mass is 406 g/mol. The number of carbonyl (C=O) groups is 2. The molecule has 156 valence electrons. The van der Waals surface area contributed by atoms with Crippen LogP contribution in [0.15, 0.2) is 47.6 Å². The van der Waals surface area contributed by atoms with Gasteiger partial charge < -0.3 is 15.0 Å². The molecule has 4 rings (SSSR count).